The molecule has 0 spiro atoms. The molecule has 0 saturated carbocycles. The van der Waals surface area contributed by atoms with Crippen molar-refractivity contribution in [1.29, 1.82) is 0 Å². The smallest absolute Gasteiger partial charge is 0.339 e. The summed E-state index contributed by atoms with van der Waals surface area (Å²) in [4.78, 5) is 21.3. The minimum atomic E-state index is -0.459. The predicted octanol–water partition coefficient (Wildman–Crippen LogP) is 4.30. The summed E-state index contributed by atoms with van der Waals surface area (Å²) in [7, 11) is 1.33. The molecular formula is C19H16ClN5O2S. The van der Waals surface area contributed by atoms with Crippen molar-refractivity contribution >= 4 is 55.2 Å². The highest BCUT2D eigenvalue weighted by atomic mass is 35.5. The van der Waals surface area contributed by atoms with Crippen LogP contribution < -0.4 is 5.32 Å². The average molecular weight is 414 g/mol. The van der Waals surface area contributed by atoms with Gasteiger partial charge in [0.1, 0.15) is 17.0 Å². The van der Waals surface area contributed by atoms with Crippen molar-refractivity contribution in [3.63, 3.8) is 0 Å². The summed E-state index contributed by atoms with van der Waals surface area (Å²) in [6.07, 6.45) is 1.54. The Hall–Kier alpha value is -2.84. The Kier molecular flexibility index (Phi) is 4.82. The van der Waals surface area contributed by atoms with E-state index in [2.05, 4.69) is 25.5 Å². The highest BCUT2D eigenvalue weighted by molar-refractivity contribution is 7.25. The van der Waals surface area contributed by atoms with Gasteiger partial charge in [0.15, 0.2) is 0 Å². The number of fused-ring (bicyclic) bond motifs is 3. The van der Waals surface area contributed by atoms with Crippen LogP contribution in [0, 0.1) is 13.8 Å². The molecule has 7 nitrogen and oxygen atoms in total. The molecule has 0 radical (unpaired) electrons. The second-order valence-corrected chi connectivity index (χ2v) is 7.66. The fraction of sp³-hybridized carbons (Fsp3) is 0.211. The van der Waals surface area contributed by atoms with Gasteiger partial charge in [-0.1, -0.05) is 17.7 Å². The molecule has 1 aromatic carbocycles. The zero-order valence-corrected chi connectivity index (χ0v) is 17.0. The number of carbonyl (C=O) groups is 1. The van der Waals surface area contributed by atoms with Crippen LogP contribution in [0.25, 0.3) is 20.4 Å². The normalized spacial score (nSPS) is 11.1. The van der Waals surface area contributed by atoms with E-state index >= 15 is 0 Å². The van der Waals surface area contributed by atoms with Crippen molar-refractivity contribution in [3.8, 4) is 0 Å². The lowest BCUT2D eigenvalue weighted by Crippen LogP contribution is -2.05. The maximum Gasteiger partial charge on any atom is 0.339 e. The van der Waals surface area contributed by atoms with Crippen LogP contribution in [0.4, 0.5) is 5.82 Å². The maximum atomic E-state index is 11.7. The van der Waals surface area contributed by atoms with Crippen LogP contribution in [0.2, 0.25) is 5.02 Å². The van der Waals surface area contributed by atoms with E-state index in [0.29, 0.717) is 17.1 Å². The van der Waals surface area contributed by atoms with E-state index in [1.807, 2.05) is 19.9 Å². The minimum absolute atomic E-state index is 0.339. The zero-order chi connectivity index (χ0) is 19.8. The Morgan fingerprint density at radius 3 is 2.82 bits per heavy atom. The number of nitrogens with one attached hydrogen (secondary N) is 1. The van der Waals surface area contributed by atoms with E-state index in [9.17, 15) is 4.79 Å². The molecule has 0 bridgehead atoms. The largest absolute Gasteiger partial charge is 0.465 e. The van der Waals surface area contributed by atoms with Gasteiger partial charge in [-0.3, -0.25) is 0 Å². The van der Waals surface area contributed by atoms with Crippen molar-refractivity contribution in [2.24, 2.45) is 0 Å². The molecule has 0 aliphatic carbocycles. The van der Waals surface area contributed by atoms with Crippen molar-refractivity contribution in [3.05, 3.63) is 51.9 Å². The third-order valence-electron chi connectivity index (χ3n) is 4.56. The number of hydrogen-bond donors (Lipinski definition) is 1. The maximum absolute atomic E-state index is 11.7. The van der Waals surface area contributed by atoms with Gasteiger partial charge in [0, 0.05) is 11.9 Å². The second kappa shape index (κ2) is 7.29. The van der Waals surface area contributed by atoms with Crippen molar-refractivity contribution < 1.29 is 9.53 Å². The van der Waals surface area contributed by atoms with Gasteiger partial charge >= 0.3 is 5.97 Å². The van der Waals surface area contributed by atoms with Gasteiger partial charge in [-0.2, -0.15) is 5.10 Å². The molecule has 3 heterocycles. The number of esters is 1. The monoisotopic (exact) mass is 413 g/mol. The summed E-state index contributed by atoms with van der Waals surface area (Å²) < 4.78 is 5.64. The quantitative estimate of drug-likeness (QED) is 0.498. The van der Waals surface area contributed by atoms with Crippen LogP contribution in [0.3, 0.4) is 0 Å². The number of hydrogen-bond acceptors (Lipinski definition) is 8. The molecule has 0 saturated heterocycles. The van der Waals surface area contributed by atoms with Gasteiger partial charge in [-0.05, 0) is 37.1 Å². The molecule has 1 N–H and O–H groups in total. The molecule has 0 fully saturated rings. The Bertz CT molecular complexity index is 1220. The standard InChI is InChI=1S/C19H16ClN5O2S/c1-9-10(2)24-25-18-14(9)15-16(28-18)17(23-8-22-15)21-7-11-4-5-12(13(20)6-11)19(26)27-3/h4-6,8H,7H2,1-3H3,(H,21,22,23). The average Bonchev–Trinajstić information content (AvgIpc) is 3.08. The number of carbonyl (C=O) groups excluding carboxylic acids is 1. The first-order valence-electron chi connectivity index (χ1n) is 8.47. The van der Waals surface area contributed by atoms with Crippen LogP contribution >= 0.6 is 22.9 Å². The first-order valence-corrected chi connectivity index (χ1v) is 9.66. The number of aromatic nitrogens is 4. The molecule has 142 valence electrons. The van der Waals surface area contributed by atoms with Gasteiger partial charge in [0.25, 0.3) is 0 Å². The van der Waals surface area contributed by atoms with Crippen molar-refractivity contribution in [1.82, 2.24) is 20.2 Å². The summed E-state index contributed by atoms with van der Waals surface area (Å²) in [6.45, 7) is 4.46. The van der Waals surface area contributed by atoms with Crippen molar-refractivity contribution in [2.75, 3.05) is 12.4 Å². The molecule has 0 atom stereocenters. The molecule has 9 heteroatoms. The lowest BCUT2D eigenvalue weighted by molar-refractivity contribution is 0.0601. The fourth-order valence-electron chi connectivity index (χ4n) is 2.94. The highest BCUT2D eigenvalue weighted by Crippen LogP contribution is 2.36. The van der Waals surface area contributed by atoms with E-state index in [0.717, 1.165) is 43.1 Å². The van der Waals surface area contributed by atoms with Gasteiger partial charge in [0.05, 0.1) is 33.6 Å². The molecular weight excluding hydrogens is 398 g/mol. The van der Waals surface area contributed by atoms with Gasteiger partial charge < -0.3 is 10.1 Å². The Labute approximate surface area is 169 Å². The van der Waals surface area contributed by atoms with E-state index < -0.39 is 5.97 Å². The van der Waals surface area contributed by atoms with Crippen LogP contribution in [-0.2, 0) is 11.3 Å². The molecule has 4 aromatic rings. The van der Waals surface area contributed by atoms with E-state index in [1.165, 1.54) is 18.4 Å². The fourth-order valence-corrected chi connectivity index (χ4v) is 4.32. The second-order valence-electron chi connectivity index (χ2n) is 6.25. The number of aryl methyl sites for hydroxylation is 2. The minimum Gasteiger partial charge on any atom is -0.465 e. The topological polar surface area (TPSA) is 89.9 Å². The lowest BCUT2D eigenvalue weighted by Gasteiger charge is -2.08. The number of nitrogens with zero attached hydrogens (tertiary/aromatic N) is 4. The zero-order valence-electron chi connectivity index (χ0n) is 15.4. The first kappa shape index (κ1) is 18.5. The van der Waals surface area contributed by atoms with Gasteiger partial charge in [0.2, 0.25) is 0 Å². The van der Waals surface area contributed by atoms with E-state index in [1.54, 1.807) is 18.5 Å². The number of rotatable bonds is 4. The highest BCUT2D eigenvalue weighted by Gasteiger charge is 2.16. The van der Waals surface area contributed by atoms with Crippen molar-refractivity contribution in [2.45, 2.75) is 20.4 Å². The number of thiophene rings is 1. The molecule has 0 aliphatic rings. The Morgan fingerprint density at radius 1 is 1.25 bits per heavy atom. The third-order valence-corrected chi connectivity index (χ3v) is 5.94. The molecule has 0 unspecified atom stereocenters. The van der Waals surface area contributed by atoms with Crippen LogP contribution in [0.15, 0.2) is 24.5 Å². The Balaban J connectivity index is 1.66. The van der Waals surface area contributed by atoms with E-state index in [4.69, 9.17) is 16.3 Å². The summed E-state index contributed by atoms with van der Waals surface area (Å²) in [5.74, 6) is 0.261. The predicted molar refractivity (Wildman–Crippen MR) is 110 cm³/mol. The summed E-state index contributed by atoms with van der Waals surface area (Å²) in [5, 5.41) is 13.2. The number of ether oxygens (including phenoxy) is 1. The molecule has 28 heavy (non-hydrogen) atoms. The SMILES string of the molecule is COC(=O)c1ccc(CNc2ncnc3c2sc2nnc(C)c(C)c23)cc1Cl. The molecule has 0 aliphatic heterocycles. The number of anilines is 1. The van der Waals surface area contributed by atoms with E-state index in [-0.39, 0.29) is 0 Å². The Morgan fingerprint density at radius 2 is 2.07 bits per heavy atom. The lowest BCUT2D eigenvalue weighted by atomic mass is 10.1. The number of halogens is 1. The summed E-state index contributed by atoms with van der Waals surface area (Å²) in [6, 6.07) is 5.22. The molecule has 0 amide bonds. The first-order chi connectivity index (χ1) is 13.5. The third kappa shape index (κ3) is 3.14. The summed E-state index contributed by atoms with van der Waals surface area (Å²) in [5.41, 5.74) is 4.09. The molecule has 3 aromatic heterocycles. The van der Waals surface area contributed by atoms with Crippen LogP contribution in [0.5, 0.6) is 0 Å². The van der Waals surface area contributed by atoms with Gasteiger partial charge in [-0.25, -0.2) is 14.8 Å². The number of benzene rings is 1. The van der Waals surface area contributed by atoms with Crippen LogP contribution in [-0.4, -0.2) is 33.2 Å². The van der Waals surface area contributed by atoms with Gasteiger partial charge in [-0.15, -0.1) is 16.4 Å². The summed E-state index contributed by atoms with van der Waals surface area (Å²) >= 11 is 7.71. The molecule has 4 rings (SSSR count). The number of methoxy groups -OCH3 is 1. The van der Waals surface area contributed by atoms with Crippen LogP contribution in [0.1, 0.15) is 27.2 Å².